The Hall–Kier alpha value is -2.07. The Labute approximate surface area is 182 Å². The van der Waals surface area contributed by atoms with Crippen molar-refractivity contribution >= 4 is 33.7 Å². The number of ether oxygens (including phenoxy) is 2. The molecule has 2 amide bonds. The zero-order chi connectivity index (χ0) is 21.9. The molecule has 1 aromatic rings. The third kappa shape index (κ3) is 4.49. The van der Waals surface area contributed by atoms with Crippen molar-refractivity contribution in [2.24, 2.45) is 5.92 Å². The Kier molecular flexibility index (Phi) is 7.07. The molecule has 2 heterocycles. The van der Waals surface area contributed by atoms with Gasteiger partial charge in [-0.2, -0.15) is 0 Å². The molecule has 2 aliphatic rings. The average molecular weight is 482 g/mol. The summed E-state index contributed by atoms with van der Waals surface area (Å²) in [6, 6.07) is 8.41. The Morgan fingerprint density at radius 2 is 2.00 bits per heavy atom. The molecule has 0 unspecified atom stereocenters. The Bertz CT molecular complexity index is 843. The number of nitrogens with zero attached hydrogens (tertiary/aromatic N) is 1. The van der Waals surface area contributed by atoms with Crippen LogP contribution in [0.1, 0.15) is 37.8 Å². The highest BCUT2D eigenvalue weighted by atomic mass is 79.9. The number of rotatable bonds is 7. The number of benzene rings is 1. The van der Waals surface area contributed by atoms with E-state index in [0.29, 0.717) is 12.8 Å². The van der Waals surface area contributed by atoms with Crippen molar-refractivity contribution in [1.82, 2.24) is 4.90 Å². The molecule has 3 rings (SSSR count). The van der Waals surface area contributed by atoms with E-state index in [1.54, 1.807) is 24.3 Å². The quantitative estimate of drug-likeness (QED) is 0.574. The van der Waals surface area contributed by atoms with Crippen LogP contribution in [-0.2, 0) is 19.1 Å². The molecule has 2 aliphatic heterocycles. The largest absolute Gasteiger partial charge is 0.446 e. The number of hydrogen-bond acceptors (Lipinski definition) is 7. The molecule has 0 spiro atoms. The number of aliphatic hydroxyl groups excluding tert-OH is 1. The van der Waals surface area contributed by atoms with E-state index >= 15 is 0 Å². The first-order valence-corrected chi connectivity index (χ1v) is 10.5. The summed E-state index contributed by atoms with van der Waals surface area (Å²) in [5.74, 6) is -3.92. The summed E-state index contributed by atoms with van der Waals surface area (Å²) in [4.78, 5) is 39.0. The van der Waals surface area contributed by atoms with Gasteiger partial charge in [-0.25, -0.2) is 9.69 Å². The third-order valence-corrected chi connectivity index (χ3v) is 6.16. The number of halogens is 1. The first kappa shape index (κ1) is 22.6. The van der Waals surface area contributed by atoms with E-state index < -0.39 is 41.6 Å². The van der Waals surface area contributed by atoms with Crippen LogP contribution in [0.5, 0.6) is 0 Å². The first-order valence-electron chi connectivity index (χ1n) is 9.76. The van der Waals surface area contributed by atoms with Crippen molar-refractivity contribution in [2.75, 3.05) is 13.2 Å². The van der Waals surface area contributed by atoms with Crippen LogP contribution in [-0.4, -0.2) is 58.0 Å². The van der Waals surface area contributed by atoms with Crippen LogP contribution in [0.25, 0.3) is 0 Å². The van der Waals surface area contributed by atoms with E-state index in [9.17, 15) is 19.5 Å². The molecule has 0 radical (unpaired) electrons. The summed E-state index contributed by atoms with van der Waals surface area (Å²) in [6.45, 7) is 1.48. The van der Waals surface area contributed by atoms with Crippen LogP contribution in [0.2, 0.25) is 0 Å². The highest BCUT2D eigenvalue weighted by molar-refractivity contribution is 9.11. The van der Waals surface area contributed by atoms with Crippen molar-refractivity contribution < 1.29 is 34.1 Å². The molecular formula is C21H24BrNO7. The van der Waals surface area contributed by atoms with Gasteiger partial charge in [-0.05, 0) is 40.4 Å². The lowest BCUT2D eigenvalue weighted by Crippen LogP contribution is -2.51. The van der Waals surface area contributed by atoms with Gasteiger partial charge in [0, 0.05) is 13.0 Å². The van der Waals surface area contributed by atoms with Crippen LogP contribution in [0.15, 0.2) is 40.9 Å². The lowest BCUT2D eigenvalue weighted by atomic mass is 9.93. The molecule has 8 nitrogen and oxygen atoms in total. The van der Waals surface area contributed by atoms with Crippen molar-refractivity contribution in [1.29, 1.82) is 0 Å². The van der Waals surface area contributed by atoms with Gasteiger partial charge in [0.15, 0.2) is 11.6 Å². The number of unbranched alkanes of at least 4 members (excludes halogenated alkanes) is 1. The topological polar surface area (TPSA) is 113 Å². The lowest BCUT2D eigenvalue weighted by molar-refractivity contribution is -0.217. The van der Waals surface area contributed by atoms with Gasteiger partial charge in [0.05, 0.1) is 10.4 Å². The minimum absolute atomic E-state index is 0.0251. The van der Waals surface area contributed by atoms with Crippen molar-refractivity contribution in [3.05, 3.63) is 46.5 Å². The van der Waals surface area contributed by atoms with Gasteiger partial charge in [-0.3, -0.25) is 9.59 Å². The highest BCUT2D eigenvalue weighted by Gasteiger charge is 2.48. The molecule has 0 saturated carbocycles. The fraction of sp³-hybridized carbons (Fsp3) is 0.476. The smallest absolute Gasteiger partial charge is 0.417 e. The monoisotopic (exact) mass is 481 g/mol. The molecule has 0 aliphatic carbocycles. The van der Waals surface area contributed by atoms with Crippen LogP contribution in [0.4, 0.5) is 4.79 Å². The van der Waals surface area contributed by atoms with E-state index in [0.717, 1.165) is 10.5 Å². The van der Waals surface area contributed by atoms with Gasteiger partial charge in [0.2, 0.25) is 5.91 Å². The number of aliphatic hydroxyl groups is 2. The van der Waals surface area contributed by atoms with Crippen LogP contribution < -0.4 is 0 Å². The van der Waals surface area contributed by atoms with Gasteiger partial charge >= 0.3 is 6.09 Å². The van der Waals surface area contributed by atoms with Gasteiger partial charge in [-0.1, -0.05) is 37.3 Å². The zero-order valence-electron chi connectivity index (χ0n) is 16.5. The Balaban J connectivity index is 1.80. The summed E-state index contributed by atoms with van der Waals surface area (Å²) in [5, 5.41) is 19.8. The van der Waals surface area contributed by atoms with Crippen molar-refractivity contribution in [2.45, 2.75) is 44.1 Å². The number of hydrogen-bond donors (Lipinski definition) is 2. The summed E-state index contributed by atoms with van der Waals surface area (Å²) in [7, 11) is 0. The molecule has 1 fully saturated rings. The van der Waals surface area contributed by atoms with Crippen LogP contribution >= 0.6 is 15.9 Å². The maximum atomic E-state index is 13.2. The second-order valence-corrected chi connectivity index (χ2v) is 8.25. The number of carbonyl (C=O) groups is 3. The number of imide groups is 1. The summed E-state index contributed by atoms with van der Waals surface area (Å²) < 4.78 is 10.9. The second kappa shape index (κ2) is 9.38. The normalized spacial score (nSPS) is 27.6. The average Bonchev–Trinajstić information content (AvgIpc) is 3.12. The predicted molar refractivity (Wildman–Crippen MR) is 109 cm³/mol. The molecule has 2 N–H and O–H groups in total. The molecule has 30 heavy (non-hydrogen) atoms. The van der Waals surface area contributed by atoms with Crippen molar-refractivity contribution in [3.8, 4) is 0 Å². The molecule has 1 aromatic carbocycles. The predicted octanol–water partition coefficient (Wildman–Crippen LogP) is 2.44. The van der Waals surface area contributed by atoms with Gasteiger partial charge in [-0.15, -0.1) is 0 Å². The molecule has 9 heteroatoms. The Morgan fingerprint density at radius 3 is 2.67 bits per heavy atom. The fourth-order valence-electron chi connectivity index (χ4n) is 3.58. The summed E-state index contributed by atoms with van der Waals surface area (Å²) in [5.41, 5.74) is 0.739. The highest BCUT2D eigenvalue weighted by Crippen LogP contribution is 2.38. The number of carbonyl (C=O) groups excluding carboxylic acids is 3. The first-order chi connectivity index (χ1) is 14.3. The molecule has 162 valence electrons. The van der Waals surface area contributed by atoms with E-state index in [1.165, 1.54) is 13.0 Å². The maximum absolute atomic E-state index is 13.2. The maximum Gasteiger partial charge on any atom is 0.417 e. The second-order valence-electron chi connectivity index (χ2n) is 7.40. The molecule has 0 aromatic heterocycles. The molecule has 1 saturated heterocycles. The fourth-order valence-corrected chi connectivity index (χ4v) is 4.10. The van der Waals surface area contributed by atoms with E-state index in [2.05, 4.69) is 15.9 Å². The third-order valence-electron chi connectivity index (χ3n) is 5.31. The minimum atomic E-state index is -1.79. The van der Waals surface area contributed by atoms with Crippen LogP contribution in [0.3, 0.4) is 0 Å². The van der Waals surface area contributed by atoms with Gasteiger partial charge < -0.3 is 19.7 Å². The van der Waals surface area contributed by atoms with Crippen LogP contribution in [0, 0.1) is 5.92 Å². The standard InChI is InChI=1S/C21H24BrNO7/c1-13(18-16(25)11-17(22)21(28,30-18)9-5-6-10-24)19(26)23-15(12-29-20(23)27)14-7-3-2-4-8-14/h2-4,7-8,11,13,15,18,24,28H,5-6,9-10,12H2,1H3/t13-,15+,18-,21+/m0/s1. The van der Waals surface area contributed by atoms with E-state index in [-0.39, 0.29) is 24.1 Å². The number of ketones is 1. The van der Waals surface area contributed by atoms with Gasteiger partial charge in [0.25, 0.3) is 0 Å². The number of cyclic esters (lactones) is 1. The summed E-state index contributed by atoms with van der Waals surface area (Å²) >= 11 is 3.17. The van der Waals surface area contributed by atoms with Crippen molar-refractivity contribution in [3.63, 3.8) is 0 Å². The number of amides is 2. The lowest BCUT2D eigenvalue weighted by Gasteiger charge is -2.37. The SMILES string of the molecule is C[C@H](C(=O)N1C(=O)OC[C@@H]1c1ccccc1)[C@@H]1O[C@](O)(CCCCO)C(Br)=CC1=O. The minimum Gasteiger partial charge on any atom is -0.446 e. The zero-order valence-corrected chi connectivity index (χ0v) is 18.1. The molecular weight excluding hydrogens is 458 g/mol. The van der Waals surface area contributed by atoms with E-state index in [1.807, 2.05) is 6.07 Å². The Morgan fingerprint density at radius 1 is 1.30 bits per heavy atom. The molecule has 0 bridgehead atoms. The van der Waals surface area contributed by atoms with E-state index in [4.69, 9.17) is 14.6 Å². The van der Waals surface area contributed by atoms with Gasteiger partial charge in [0.1, 0.15) is 18.8 Å². The molecule has 4 atom stereocenters. The summed E-state index contributed by atoms with van der Waals surface area (Å²) in [6.07, 6.45) is 0.203.